The van der Waals surface area contributed by atoms with Gasteiger partial charge in [0.15, 0.2) is 0 Å². The Kier molecular flexibility index (Phi) is 5.13. The molecule has 6 heteroatoms. The number of carbonyl (C=O) groups excluding carboxylic acids is 1. The number of ether oxygens (including phenoxy) is 1. The van der Waals surface area contributed by atoms with Crippen LogP contribution in [0.5, 0.6) is 5.75 Å². The van der Waals surface area contributed by atoms with Gasteiger partial charge in [-0.1, -0.05) is 0 Å². The summed E-state index contributed by atoms with van der Waals surface area (Å²) >= 11 is 0. The molecule has 5 nitrogen and oxygen atoms in total. The van der Waals surface area contributed by atoms with E-state index in [4.69, 9.17) is 10.1 Å². The number of carbonyl (C=O) groups is 1. The Morgan fingerprint density at radius 1 is 1.32 bits per heavy atom. The van der Waals surface area contributed by atoms with E-state index < -0.39 is 5.82 Å². The third kappa shape index (κ3) is 3.52. The first-order valence-corrected chi connectivity index (χ1v) is 10.3. The van der Waals surface area contributed by atoms with Crippen LogP contribution in [0, 0.1) is 11.2 Å². The molecule has 1 amide bonds. The molecule has 0 spiro atoms. The molecule has 4 rings (SSSR count). The minimum atomic E-state index is -0.424. The number of nitrogens with zero attached hydrogens (tertiary/aromatic N) is 1. The van der Waals surface area contributed by atoms with Gasteiger partial charge in [0.05, 0.1) is 11.8 Å². The van der Waals surface area contributed by atoms with Crippen molar-refractivity contribution in [3.05, 3.63) is 29.2 Å². The maximum absolute atomic E-state index is 15.3. The second-order valence-corrected chi connectivity index (χ2v) is 8.19. The minimum Gasteiger partial charge on any atom is -0.489 e. The number of nitrogens with one attached hydrogen (secondary N) is 2. The van der Waals surface area contributed by atoms with Gasteiger partial charge in [-0.15, -0.1) is 0 Å². The first-order valence-electron chi connectivity index (χ1n) is 10.3. The van der Waals surface area contributed by atoms with Gasteiger partial charge in [-0.05, 0) is 57.9 Å². The summed E-state index contributed by atoms with van der Waals surface area (Å²) in [5.41, 5.74) is 2.32. The van der Waals surface area contributed by atoms with E-state index in [1.165, 1.54) is 19.2 Å². The zero-order valence-corrected chi connectivity index (χ0v) is 16.6. The molecule has 1 atom stereocenters. The summed E-state index contributed by atoms with van der Waals surface area (Å²) in [7, 11) is 0. The first kappa shape index (κ1) is 19.0. The molecule has 150 valence electrons. The SMILES string of the molecule is CC(=O)N1c2c(F)cc(/C(C=N)=C/NC3CC3)c(OC3CCC3)c2CCC1C. The van der Waals surface area contributed by atoms with Crippen molar-refractivity contribution in [3.8, 4) is 5.75 Å². The van der Waals surface area contributed by atoms with Crippen molar-refractivity contribution in [2.45, 2.75) is 77.0 Å². The molecule has 0 aromatic heterocycles. The van der Waals surface area contributed by atoms with Crippen LogP contribution in [0.2, 0.25) is 0 Å². The fraction of sp³-hybridized carbons (Fsp3) is 0.545. The molecule has 1 aliphatic heterocycles. The molecule has 1 unspecified atom stereocenters. The van der Waals surface area contributed by atoms with Crippen molar-refractivity contribution >= 4 is 23.4 Å². The summed E-state index contributed by atoms with van der Waals surface area (Å²) < 4.78 is 21.6. The number of halogens is 1. The van der Waals surface area contributed by atoms with E-state index >= 15 is 4.39 Å². The predicted molar refractivity (Wildman–Crippen MR) is 109 cm³/mol. The first-order chi connectivity index (χ1) is 13.5. The predicted octanol–water partition coefficient (Wildman–Crippen LogP) is 4.19. The molecule has 0 bridgehead atoms. The van der Waals surface area contributed by atoms with Crippen LogP contribution in [0.3, 0.4) is 0 Å². The summed E-state index contributed by atoms with van der Waals surface area (Å²) in [6.07, 6.45) is 9.96. The zero-order valence-electron chi connectivity index (χ0n) is 16.6. The largest absolute Gasteiger partial charge is 0.489 e. The van der Waals surface area contributed by atoms with E-state index in [0.717, 1.165) is 44.1 Å². The van der Waals surface area contributed by atoms with Crippen molar-refractivity contribution in [1.82, 2.24) is 5.32 Å². The number of allylic oxidation sites excluding steroid dienone is 1. The van der Waals surface area contributed by atoms with Crippen LogP contribution in [-0.4, -0.2) is 30.3 Å². The lowest BCUT2D eigenvalue weighted by molar-refractivity contribution is -0.117. The standard InChI is InChI=1S/C22H28FN3O2/c1-13-6-9-18-21(26(13)14(2)27)20(23)10-19(22(18)28-17-4-3-5-17)15(11-24)12-25-16-7-8-16/h10-13,16-17,24-25H,3-9H2,1-2H3/b15-12+,24-11?. The van der Waals surface area contributed by atoms with E-state index in [2.05, 4.69) is 5.32 Å². The van der Waals surface area contributed by atoms with Crippen LogP contribution >= 0.6 is 0 Å². The fourth-order valence-corrected chi connectivity index (χ4v) is 4.00. The van der Waals surface area contributed by atoms with Gasteiger partial charge in [0.2, 0.25) is 5.91 Å². The van der Waals surface area contributed by atoms with Crippen molar-refractivity contribution in [2.75, 3.05) is 4.90 Å². The zero-order chi connectivity index (χ0) is 19.8. The minimum absolute atomic E-state index is 0.0452. The average Bonchev–Trinajstić information content (AvgIpc) is 3.44. The van der Waals surface area contributed by atoms with Crippen LogP contribution in [0.25, 0.3) is 5.57 Å². The Labute approximate surface area is 165 Å². The van der Waals surface area contributed by atoms with Crippen LogP contribution in [0.15, 0.2) is 12.3 Å². The third-order valence-electron chi connectivity index (χ3n) is 5.99. The molecule has 1 aromatic rings. The number of rotatable bonds is 6. The average molecular weight is 385 g/mol. The number of hydrogen-bond donors (Lipinski definition) is 2. The van der Waals surface area contributed by atoms with Gasteiger partial charge in [0.25, 0.3) is 0 Å². The molecule has 1 heterocycles. The maximum Gasteiger partial charge on any atom is 0.224 e. The fourth-order valence-electron chi connectivity index (χ4n) is 4.00. The number of amides is 1. The highest BCUT2D eigenvalue weighted by atomic mass is 19.1. The molecule has 1 aromatic carbocycles. The Morgan fingerprint density at radius 2 is 2.07 bits per heavy atom. The smallest absolute Gasteiger partial charge is 0.224 e. The van der Waals surface area contributed by atoms with Crippen LogP contribution in [-0.2, 0) is 11.2 Å². The molecule has 0 saturated heterocycles. The normalized spacial score (nSPS) is 22.3. The summed E-state index contributed by atoms with van der Waals surface area (Å²) in [6, 6.07) is 1.84. The molecule has 2 saturated carbocycles. The lowest BCUT2D eigenvalue weighted by atomic mass is 9.90. The number of fused-ring (bicyclic) bond motifs is 1. The Bertz CT molecular complexity index is 828. The lowest BCUT2D eigenvalue weighted by Gasteiger charge is -2.37. The topological polar surface area (TPSA) is 65.4 Å². The molecular weight excluding hydrogens is 357 g/mol. The van der Waals surface area contributed by atoms with Gasteiger partial charge in [0, 0.05) is 48.1 Å². The summed E-state index contributed by atoms with van der Waals surface area (Å²) in [5, 5.41) is 11.2. The molecule has 3 aliphatic rings. The molecule has 2 fully saturated rings. The van der Waals surface area contributed by atoms with E-state index in [0.29, 0.717) is 35.0 Å². The van der Waals surface area contributed by atoms with Crippen LogP contribution in [0.4, 0.5) is 10.1 Å². The molecular formula is C22H28FN3O2. The maximum atomic E-state index is 15.3. The molecule has 28 heavy (non-hydrogen) atoms. The third-order valence-corrected chi connectivity index (χ3v) is 5.99. The van der Waals surface area contributed by atoms with Gasteiger partial charge in [-0.2, -0.15) is 0 Å². The van der Waals surface area contributed by atoms with Gasteiger partial charge in [-0.25, -0.2) is 4.39 Å². The molecule has 0 radical (unpaired) electrons. The number of hydrogen-bond acceptors (Lipinski definition) is 4. The van der Waals surface area contributed by atoms with Gasteiger partial charge in [-0.3, -0.25) is 4.79 Å². The molecule has 2 N–H and O–H groups in total. The Balaban J connectivity index is 1.83. The van der Waals surface area contributed by atoms with E-state index in [1.54, 1.807) is 11.1 Å². The number of benzene rings is 1. The van der Waals surface area contributed by atoms with Crippen LogP contribution in [0.1, 0.15) is 63.5 Å². The summed E-state index contributed by atoms with van der Waals surface area (Å²) in [5.74, 6) is 0.0615. The highest BCUT2D eigenvalue weighted by Gasteiger charge is 2.34. The second kappa shape index (κ2) is 7.57. The van der Waals surface area contributed by atoms with Gasteiger partial charge >= 0.3 is 0 Å². The second-order valence-electron chi connectivity index (χ2n) is 8.19. The highest BCUT2D eigenvalue weighted by molar-refractivity contribution is 6.10. The van der Waals surface area contributed by atoms with Crippen molar-refractivity contribution in [3.63, 3.8) is 0 Å². The summed E-state index contributed by atoms with van der Waals surface area (Å²) in [6.45, 7) is 3.43. The van der Waals surface area contributed by atoms with Crippen molar-refractivity contribution < 1.29 is 13.9 Å². The number of anilines is 1. The Morgan fingerprint density at radius 3 is 2.64 bits per heavy atom. The van der Waals surface area contributed by atoms with Crippen molar-refractivity contribution in [1.29, 1.82) is 5.41 Å². The Hall–Kier alpha value is -2.37. The van der Waals surface area contributed by atoms with E-state index in [-0.39, 0.29) is 18.1 Å². The van der Waals surface area contributed by atoms with E-state index in [9.17, 15) is 4.79 Å². The monoisotopic (exact) mass is 385 g/mol. The molecule has 2 aliphatic carbocycles. The lowest BCUT2D eigenvalue weighted by Crippen LogP contribution is -2.42. The highest BCUT2D eigenvalue weighted by Crippen LogP contribution is 2.44. The van der Waals surface area contributed by atoms with Gasteiger partial charge < -0.3 is 20.4 Å². The quantitative estimate of drug-likeness (QED) is 0.722. The van der Waals surface area contributed by atoms with E-state index in [1.807, 2.05) is 6.92 Å². The van der Waals surface area contributed by atoms with Gasteiger partial charge in [0.1, 0.15) is 11.6 Å². The van der Waals surface area contributed by atoms with Crippen LogP contribution < -0.4 is 15.0 Å². The van der Waals surface area contributed by atoms with Crippen molar-refractivity contribution in [2.24, 2.45) is 0 Å². The summed E-state index contributed by atoms with van der Waals surface area (Å²) in [4.78, 5) is 13.8.